The number of allylic oxidation sites excluding steroid dienone is 2. The Balaban J connectivity index is 2.59. The summed E-state index contributed by atoms with van der Waals surface area (Å²) in [6.45, 7) is 0. The van der Waals surface area contributed by atoms with Crippen LogP contribution in [0.3, 0.4) is 0 Å². The minimum Gasteiger partial charge on any atom is -0.494 e. The van der Waals surface area contributed by atoms with Gasteiger partial charge in [-0.05, 0) is 17.7 Å². The smallest absolute Gasteiger partial charge is 0.207 e. The minimum absolute atomic E-state index is 0.141. The number of carbonyl (C=O) groups excluding carboxylic acids is 1. The Bertz CT molecular complexity index is 583. The van der Waals surface area contributed by atoms with Crippen molar-refractivity contribution in [3.8, 4) is 0 Å². The number of methoxy groups -OCH3 is 1. The topological polar surface area (TPSA) is 102 Å². The van der Waals surface area contributed by atoms with Gasteiger partial charge in [0.05, 0.1) is 12.8 Å². The van der Waals surface area contributed by atoms with E-state index in [0.29, 0.717) is 16.8 Å². The molecular weight excluding hydrogens is 230 g/mol. The van der Waals surface area contributed by atoms with Gasteiger partial charge in [-0.1, -0.05) is 12.1 Å². The summed E-state index contributed by atoms with van der Waals surface area (Å²) in [6.07, 6.45) is 1.22. The molecule has 0 amide bonds. The molecule has 92 valence electrons. The van der Waals surface area contributed by atoms with Crippen molar-refractivity contribution in [3.63, 3.8) is 0 Å². The highest BCUT2D eigenvalue weighted by molar-refractivity contribution is 6.59. The number of benzene rings is 1. The van der Waals surface area contributed by atoms with Crippen LogP contribution in [0.5, 0.6) is 0 Å². The summed E-state index contributed by atoms with van der Waals surface area (Å²) in [4.78, 5) is 11.7. The molecule has 0 fully saturated rings. The molecule has 1 aromatic rings. The Kier molecular flexibility index (Phi) is 2.89. The van der Waals surface area contributed by atoms with Crippen LogP contribution in [0.15, 0.2) is 41.8 Å². The van der Waals surface area contributed by atoms with Crippen LogP contribution in [-0.4, -0.2) is 18.6 Å². The Morgan fingerprint density at radius 1 is 1.17 bits per heavy atom. The molecule has 18 heavy (non-hydrogen) atoms. The van der Waals surface area contributed by atoms with Gasteiger partial charge in [-0.25, -0.2) is 0 Å². The van der Waals surface area contributed by atoms with E-state index in [1.807, 2.05) is 0 Å². The maximum Gasteiger partial charge on any atom is 0.207 e. The van der Waals surface area contributed by atoms with Crippen LogP contribution in [0.2, 0.25) is 0 Å². The lowest BCUT2D eigenvalue weighted by molar-refractivity contribution is -0.109. The normalized spacial score (nSPS) is 15.7. The zero-order chi connectivity index (χ0) is 13.3. The van der Waals surface area contributed by atoms with Gasteiger partial charge in [0, 0.05) is 17.3 Å². The second-order valence-corrected chi connectivity index (χ2v) is 3.86. The number of carbonyl (C=O) groups is 1. The molecule has 0 spiro atoms. The Labute approximate surface area is 104 Å². The molecule has 0 heterocycles. The van der Waals surface area contributed by atoms with E-state index in [9.17, 15) is 4.79 Å². The molecule has 5 nitrogen and oxygen atoms in total. The predicted molar refractivity (Wildman–Crippen MR) is 69.8 cm³/mol. The maximum atomic E-state index is 11.7. The number of nitrogens with two attached hydrogens (primary N) is 2. The molecule has 0 bridgehead atoms. The molecule has 5 N–H and O–H groups in total. The number of nitrogens with one attached hydrogen (secondary N) is 1. The van der Waals surface area contributed by atoms with Gasteiger partial charge in [-0.15, -0.1) is 0 Å². The zero-order valence-corrected chi connectivity index (χ0v) is 9.86. The number of anilines is 1. The number of hydrogen-bond acceptors (Lipinski definition) is 5. The second kappa shape index (κ2) is 4.37. The SMILES string of the molecule is COC1=CC(=O)C(=N)C(c2ccc(N)cc2)=C1N. The van der Waals surface area contributed by atoms with Gasteiger partial charge in [-0.3, -0.25) is 10.2 Å². The van der Waals surface area contributed by atoms with Crippen LogP contribution in [-0.2, 0) is 9.53 Å². The van der Waals surface area contributed by atoms with Crippen molar-refractivity contribution in [1.82, 2.24) is 0 Å². The van der Waals surface area contributed by atoms with E-state index in [4.69, 9.17) is 21.6 Å². The van der Waals surface area contributed by atoms with Gasteiger partial charge in [0.15, 0.2) is 0 Å². The first kappa shape index (κ1) is 11.9. The minimum atomic E-state index is -0.423. The standard InChI is InChI=1S/C13H13N3O2/c1-18-10-6-9(17)12(15)11(13(10)16)7-2-4-8(14)5-3-7/h2-6,15H,14,16H2,1H3. The van der Waals surface area contributed by atoms with Gasteiger partial charge in [0.2, 0.25) is 5.78 Å². The molecule has 0 aliphatic heterocycles. The highest BCUT2D eigenvalue weighted by Gasteiger charge is 2.25. The Hall–Kier alpha value is -2.56. The van der Waals surface area contributed by atoms with Crippen LogP contribution in [0, 0.1) is 5.41 Å². The summed E-state index contributed by atoms with van der Waals surface area (Å²) in [7, 11) is 1.43. The van der Waals surface area contributed by atoms with E-state index in [2.05, 4.69) is 0 Å². The lowest BCUT2D eigenvalue weighted by atomic mass is 9.91. The molecule has 1 aliphatic carbocycles. The molecule has 2 rings (SSSR count). The van der Waals surface area contributed by atoms with Crippen LogP contribution in [0.1, 0.15) is 5.56 Å². The molecule has 0 saturated carbocycles. The van der Waals surface area contributed by atoms with Crippen LogP contribution >= 0.6 is 0 Å². The highest BCUT2D eigenvalue weighted by atomic mass is 16.5. The number of rotatable bonds is 2. The van der Waals surface area contributed by atoms with Crippen LogP contribution < -0.4 is 11.5 Å². The van der Waals surface area contributed by atoms with E-state index in [-0.39, 0.29) is 17.2 Å². The quantitative estimate of drug-likeness (QED) is 0.534. The number of nitrogen functional groups attached to an aromatic ring is 1. The van der Waals surface area contributed by atoms with Gasteiger partial charge in [-0.2, -0.15) is 0 Å². The van der Waals surface area contributed by atoms with E-state index in [1.165, 1.54) is 13.2 Å². The fourth-order valence-electron chi connectivity index (χ4n) is 1.77. The Morgan fingerprint density at radius 3 is 2.33 bits per heavy atom. The van der Waals surface area contributed by atoms with Crippen molar-refractivity contribution < 1.29 is 9.53 Å². The summed E-state index contributed by atoms with van der Waals surface area (Å²) >= 11 is 0. The van der Waals surface area contributed by atoms with Crippen molar-refractivity contribution in [2.24, 2.45) is 5.73 Å². The van der Waals surface area contributed by atoms with Gasteiger partial charge in [0.25, 0.3) is 0 Å². The van der Waals surface area contributed by atoms with Crippen LogP contribution in [0.4, 0.5) is 5.69 Å². The monoisotopic (exact) mass is 243 g/mol. The lowest BCUT2D eigenvalue weighted by Gasteiger charge is -2.18. The van der Waals surface area contributed by atoms with Crippen molar-refractivity contribution in [3.05, 3.63) is 47.4 Å². The predicted octanol–water partition coefficient (Wildman–Crippen LogP) is 1.07. The zero-order valence-electron chi connectivity index (χ0n) is 9.86. The number of ketones is 1. The second-order valence-electron chi connectivity index (χ2n) is 3.86. The van der Waals surface area contributed by atoms with Crippen LogP contribution in [0.25, 0.3) is 5.57 Å². The third-order valence-electron chi connectivity index (χ3n) is 2.71. The molecule has 1 aromatic carbocycles. The molecule has 0 saturated heterocycles. The largest absolute Gasteiger partial charge is 0.494 e. The molecule has 0 radical (unpaired) electrons. The fraction of sp³-hybridized carbons (Fsp3) is 0.0769. The van der Waals surface area contributed by atoms with E-state index in [0.717, 1.165) is 0 Å². The summed E-state index contributed by atoms with van der Waals surface area (Å²) in [5, 5.41) is 7.82. The molecule has 0 unspecified atom stereocenters. The average molecular weight is 243 g/mol. The van der Waals surface area contributed by atoms with Crippen molar-refractivity contribution >= 4 is 22.8 Å². The lowest BCUT2D eigenvalue weighted by Crippen LogP contribution is -2.23. The first-order chi connectivity index (χ1) is 8.54. The third-order valence-corrected chi connectivity index (χ3v) is 2.71. The molecule has 1 aliphatic rings. The van der Waals surface area contributed by atoms with Gasteiger partial charge >= 0.3 is 0 Å². The van der Waals surface area contributed by atoms with Gasteiger partial charge < -0.3 is 16.2 Å². The summed E-state index contributed by atoms with van der Waals surface area (Å²) in [6, 6.07) is 6.83. The molecule has 0 atom stereocenters. The number of hydrogen-bond donors (Lipinski definition) is 3. The highest BCUT2D eigenvalue weighted by Crippen LogP contribution is 2.27. The first-order valence-electron chi connectivity index (χ1n) is 5.29. The van der Waals surface area contributed by atoms with Crippen molar-refractivity contribution in [2.75, 3.05) is 12.8 Å². The fourth-order valence-corrected chi connectivity index (χ4v) is 1.77. The summed E-state index contributed by atoms with van der Waals surface area (Å²) in [5.41, 5.74) is 13.3. The molecule has 5 heteroatoms. The van der Waals surface area contributed by atoms with Gasteiger partial charge in [0.1, 0.15) is 11.5 Å². The van der Waals surface area contributed by atoms with Crippen molar-refractivity contribution in [1.29, 1.82) is 5.41 Å². The van der Waals surface area contributed by atoms with E-state index < -0.39 is 5.78 Å². The number of ether oxygens (including phenoxy) is 1. The van der Waals surface area contributed by atoms with E-state index >= 15 is 0 Å². The molecule has 0 aromatic heterocycles. The van der Waals surface area contributed by atoms with E-state index in [1.54, 1.807) is 24.3 Å². The maximum absolute atomic E-state index is 11.7. The Morgan fingerprint density at radius 2 is 1.78 bits per heavy atom. The summed E-state index contributed by atoms with van der Waals surface area (Å²) < 4.78 is 5.03. The molecular formula is C13H13N3O2. The summed E-state index contributed by atoms with van der Waals surface area (Å²) in [5.74, 6) is -0.143. The average Bonchev–Trinajstić information content (AvgIpc) is 2.36. The van der Waals surface area contributed by atoms with Crippen molar-refractivity contribution in [2.45, 2.75) is 0 Å². The third kappa shape index (κ3) is 1.86. The first-order valence-corrected chi connectivity index (χ1v) is 5.29.